The molecule has 0 spiro atoms. The molecule has 0 amide bonds. The molecule has 0 aliphatic rings. The van der Waals surface area contributed by atoms with Crippen molar-refractivity contribution in [3.8, 4) is 11.3 Å². The molecule has 0 saturated heterocycles. The van der Waals surface area contributed by atoms with Gasteiger partial charge in [-0.25, -0.2) is 13.6 Å². The molecule has 1 heterocycles. The maximum absolute atomic E-state index is 14.3. The average molecular weight is 435 g/mol. The Morgan fingerprint density at radius 1 is 1.03 bits per heavy atom. The third-order valence-electron chi connectivity index (χ3n) is 5.21. The van der Waals surface area contributed by atoms with Crippen LogP contribution in [0.4, 0.5) is 14.5 Å². The fraction of sp³-hybridized carbons (Fsp3) is 0.120. The molecule has 4 aromatic rings. The van der Waals surface area contributed by atoms with Gasteiger partial charge in [-0.2, -0.15) is 0 Å². The number of hydrogen-bond acceptors (Lipinski definition) is 4. The maximum Gasteiger partial charge on any atom is 0.340 e. The number of halogens is 2. The molecule has 0 bridgehead atoms. The molecule has 5 nitrogen and oxygen atoms in total. The van der Waals surface area contributed by atoms with Crippen molar-refractivity contribution in [3.63, 3.8) is 0 Å². The summed E-state index contributed by atoms with van der Waals surface area (Å²) < 4.78 is 34.4. The zero-order chi connectivity index (χ0) is 23.0. The van der Waals surface area contributed by atoms with E-state index in [1.54, 1.807) is 25.1 Å². The highest BCUT2D eigenvalue weighted by atomic mass is 19.1. The Hall–Kier alpha value is -4.00. The Balaban J connectivity index is 1.87. The average Bonchev–Trinajstić information content (AvgIpc) is 2.73. The van der Waals surface area contributed by atoms with E-state index >= 15 is 0 Å². The van der Waals surface area contributed by atoms with Gasteiger partial charge in [0.05, 0.1) is 22.7 Å². The normalized spacial score (nSPS) is 12.0. The van der Waals surface area contributed by atoms with Crippen molar-refractivity contribution in [2.75, 3.05) is 5.32 Å². The molecule has 1 aromatic heterocycles. The molecule has 162 valence electrons. The second kappa shape index (κ2) is 8.26. The van der Waals surface area contributed by atoms with Crippen molar-refractivity contribution in [1.82, 2.24) is 0 Å². The highest BCUT2D eigenvalue weighted by Crippen LogP contribution is 2.32. The molecule has 32 heavy (non-hydrogen) atoms. The molecule has 2 N–H and O–H groups in total. The van der Waals surface area contributed by atoms with Gasteiger partial charge in [-0.15, -0.1) is 0 Å². The van der Waals surface area contributed by atoms with E-state index in [0.29, 0.717) is 10.9 Å². The van der Waals surface area contributed by atoms with Crippen molar-refractivity contribution in [2.24, 2.45) is 0 Å². The zero-order valence-electron chi connectivity index (χ0n) is 17.3. The molecular formula is C25H19F2NO4. The predicted octanol–water partition coefficient (Wildman–Crippen LogP) is 5.92. The lowest BCUT2D eigenvalue weighted by molar-refractivity contribution is 0.0693. The Morgan fingerprint density at radius 2 is 1.75 bits per heavy atom. The van der Waals surface area contributed by atoms with E-state index in [2.05, 4.69) is 5.32 Å². The van der Waals surface area contributed by atoms with Gasteiger partial charge in [0.25, 0.3) is 0 Å². The van der Waals surface area contributed by atoms with Crippen LogP contribution in [0.15, 0.2) is 69.9 Å². The Morgan fingerprint density at radius 3 is 2.47 bits per heavy atom. The van der Waals surface area contributed by atoms with Crippen molar-refractivity contribution in [1.29, 1.82) is 0 Å². The van der Waals surface area contributed by atoms with Gasteiger partial charge >= 0.3 is 5.97 Å². The van der Waals surface area contributed by atoms with Crippen LogP contribution >= 0.6 is 0 Å². The summed E-state index contributed by atoms with van der Waals surface area (Å²) >= 11 is 0. The van der Waals surface area contributed by atoms with Crippen LogP contribution in [-0.2, 0) is 0 Å². The standard InChI is InChI=1S/C25H19F2NO4/c1-13-10-16(14(2)28-20-9-5-8-19(27)23(20)25(30)31)24-17(11-13)21(29)12-22(32-24)15-6-3-4-7-18(15)26/h3-12,14,28H,1-2H3,(H,30,31)/t14-/m1/s1. The first-order valence-corrected chi connectivity index (χ1v) is 9.88. The summed E-state index contributed by atoms with van der Waals surface area (Å²) in [4.78, 5) is 24.4. The first-order valence-electron chi connectivity index (χ1n) is 9.88. The van der Waals surface area contributed by atoms with Crippen LogP contribution in [0.25, 0.3) is 22.3 Å². The lowest BCUT2D eigenvalue weighted by Crippen LogP contribution is -2.13. The quantitative estimate of drug-likeness (QED) is 0.407. The van der Waals surface area contributed by atoms with Gasteiger partial charge in [-0.1, -0.05) is 24.3 Å². The summed E-state index contributed by atoms with van der Waals surface area (Å²) in [5, 5.41) is 12.7. The predicted molar refractivity (Wildman–Crippen MR) is 118 cm³/mol. The number of carboxylic acid groups (broad SMARTS) is 1. The van der Waals surface area contributed by atoms with Crippen LogP contribution in [0.5, 0.6) is 0 Å². The lowest BCUT2D eigenvalue weighted by Gasteiger charge is -2.19. The van der Waals surface area contributed by atoms with Crippen molar-refractivity contribution >= 4 is 22.6 Å². The fourth-order valence-electron chi connectivity index (χ4n) is 3.72. The molecule has 0 aliphatic carbocycles. The second-order valence-corrected chi connectivity index (χ2v) is 7.52. The van der Waals surface area contributed by atoms with E-state index < -0.39 is 29.2 Å². The van der Waals surface area contributed by atoms with E-state index in [1.165, 1.54) is 36.4 Å². The third kappa shape index (κ3) is 3.85. The minimum atomic E-state index is -1.40. The van der Waals surface area contributed by atoms with Gasteiger partial charge in [0.2, 0.25) is 0 Å². The van der Waals surface area contributed by atoms with E-state index in [0.717, 1.165) is 11.6 Å². The van der Waals surface area contributed by atoms with Crippen LogP contribution in [0.3, 0.4) is 0 Å². The molecule has 7 heteroatoms. The molecule has 0 aliphatic heterocycles. The Bertz CT molecular complexity index is 1410. The Labute approximate surface area is 181 Å². The van der Waals surface area contributed by atoms with Gasteiger partial charge in [0.15, 0.2) is 5.43 Å². The number of hydrogen-bond donors (Lipinski definition) is 2. The van der Waals surface area contributed by atoms with Gasteiger partial charge < -0.3 is 14.8 Å². The van der Waals surface area contributed by atoms with Crippen LogP contribution in [0, 0.1) is 18.6 Å². The van der Waals surface area contributed by atoms with Gasteiger partial charge in [0, 0.05) is 11.6 Å². The molecule has 1 atom stereocenters. The number of aryl methyl sites for hydroxylation is 1. The zero-order valence-corrected chi connectivity index (χ0v) is 17.3. The number of rotatable bonds is 5. The number of aromatic carboxylic acids is 1. The summed E-state index contributed by atoms with van der Waals surface area (Å²) in [6.07, 6.45) is 0. The van der Waals surface area contributed by atoms with Crippen molar-refractivity contribution in [3.05, 3.63) is 99.2 Å². The maximum atomic E-state index is 14.3. The molecule has 3 aromatic carbocycles. The van der Waals surface area contributed by atoms with Crippen molar-refractivity contribution in [2.45, 2.75) is 19.9 Å². The first-order chi connectivity index (χ1) is 15.3. The number of nitrogens with one attached hydrogen (secondary N) is 1. The molecule has 4 rings (SSSR count). The molecule has 0 saturated carbocycles. The smallest absolute Gasteiger partial charge is 0.340 e. The van der Waals surface area contributed by atoms with Crippen molar-refractivity contribution < 1.29 is 23.1 Å². The second-order valence-electron chi connectivity index (χ2n) is 7.52. The van der Waals surface area contributed by atoms with Crippen LogP contribution in [-0.4, -0.2) is 11.1 Å². The molecule has 0 unspecified atom stereocenters. The minimum absolute atomic E-state index is 0.0786. The molecule has 0 fully saturated rings. The molecular weight excluding hydrogens is 416 g/mol. The first kappa shape index (κ1) is 21.2. The third-order valence-corrected chi connectivity index (χ3v) is 5.21. The van der Waals surface area contributed by atoms with Crippen LogP contribution in [0.2, 0.25) is 0 Å². The number of carboxylic acids is 1. The fourth-order valence-corrected chi connectivity index (χ4v) is 3.72. The van der Waals surface area contributed by atoms with Gasteiger partial charge in [0.1, 0.15) is 28.5 Å². The lowest BCUT2D eigenvalue weighted by atomic mass is 10.00. The van der Waals surface area contributed by atoms with E-state index in [1.807, 2.05) is 6.92 Å². The Kier molecular flexibility index (Phi) is 5.48. The van der Waals surface area contributed by atoms with Gasteiger partial charge in [-0.05, 0) is 49.7 Å². The summed E-state index contributed by atoms with van der Waals surface area (Å²) in [6.45, 7) is 3.55. The SMILES string of the molecule is Cc1cc([C@@H](C)Nc2cccc(F)c2C(=O)O)c2oc(-c3ccccc3F)cc(=O)c2c1. The largest absolute Gasteiger partial charge is 0.478 e. The summed E-state index contributed by atoms with van der Waals surface area (Å²) in [5.74, 6) is -2.71. The van der Waals surface area contributed by atoms with E-state index in [-0.39, 0.29) is 28.0 Å². The minimum Gasteiger partial charge on any atom is -0.478 e. The number of anilines is 1. The van der Waals surface area contributed by atoms with E-state index in [9.17, 15) is 23.5 Å². The molecule has 0 radical (unpaired) electrons. The van der Waals surface area contributed by atoms with Gasteiger partial charge in [-0.3, -0.25) is 4.79 Å². The number of fused-ring (bicyclic) bond motifs is 1. The number of carbonyl (C=O) groups is 1. The monoisotopic (exact) mass is 435 g/mol. The van der Waals surface area contributed by atoms with E-state index in [4.69, 9.17) is 4.42 Å². The number of benzene rings is 3. The summed E-state index contributed by atoms with van der Waals surface area (Å²) in [6, 6.07) is 14.1. The summed E-state index contributed by atoms with van der Waals surface area (Å²) in [5.41, 5.74) is 1.00. The van der Waals surface area contributed by atoms with Crippen LogP contribution in [0.1, 0.15) is 34.5 Å². The topological polar surface area (TPSA) is 79.5 Å². The van der Waals surface area contributed by atoms with Crippen LogP contribution < -0.4 is 10.7 Å². The highest BCUT2D eigenvalue weighted by molar-refractivity contribution is 5.94. The summed E-state index contributed by atoms with van der Waals surface area (Å²) in [7, 11) is 0. The highest BCUT2D eigenvalue weighted by Gasteiger charge is 2.21.